The van der Waals surface area contributed by atoms with Crippen molar-refractivity contribution in [3.63, 3.8) is 0 Å². The molecule has 1 fully saturated rings. The lowest BCUT2D eigenvalue weighted by atomic mass is 9.98. The summed E-state index contributed by atoms with van der Waals surface area (Å²) in [6, 6.07) is 7.07. The van der Waals surface area contributed by atoms with Crippen LogP contribution < -0.4 is 9.64 Å². The van der Waals surface area contributed by atoms with Gasteiger partial charge in [0.2, 0.25) is 5.88 Å². The molecule has 2 aliphatic rings. The molecule has 2 aromatic rings. The van der Waals surface area contributed by atoms with Gasteiger partial charge in [0.05, 0.1) is 6.20 Å². The predicted octanol–water partition coefficient (Wildman–Crippen LogP) is 3.29. The highest BCUT2D eigenvalue weighted by Crippen LogP contribution is 2.28. The summed E-state index contributed by atoms with van der Waals surface area (Å²) in [7, 11) is 0. The summed E-state index contributed by atoms with van der Waals surface area (Å²) in [5.74, 6) is 0.640. The van der Waals surface area contributed by atoms with E-state index in [0.717, 1.165) is 39.0 Å². The minimum Gasteiger partial charge on any atom is -0.473 e. The molecular weight excluding hydrogens is 324 g/mol. The van der Waals surface area contributed by atoms with Crippen molar-refractivity contribution in [1.29, 1.82) is 0 Å². The van der Waals surface area contributed by atoms with Gasteiger partial charge in [-0.2, -0.15) is 0 Å². The van der Waals surface area contributed by atoms with E-state index in [1.54, 1.807) is 18.6 Å². The first kappa shape index (κ1) is 17.3. The molecule has 0 bridgehead atoms. The van der Waals surface area contributed by atoms with Gasteiger partial charge in [-0.1, -0.05) is 12.1 Å². The highest BCUT2D eigenvalue weighted by atomic mass is 16.5. The Balaban J connectivity index is 1.32. The molecule has 26 heavy (non-hydrogen) atoms. The van der Waals surface area contributed by atoms with Gasteiger partial charge in [-0.25, -0.2) is 4.98 Å². The van der Waals surface area contributed by atoms with Gasteiger partial charge in [-0.15, -0.1) is 0 Å². The molecule has 5 nitrogen and oxygen atoms in total. The Morgan fingerprint density at radius 1 is 1.15 bits per heavy atom. The van der Waals surface area contributed by atoms with Gasteiger partial charge in [-0.05, 0) is 49.8 Å². The number of aryl methyl sites for hydroxylation is 1. The van der Waals surface area contributed by atoms with Crippen molar-refractivity contribution >= 4 is 5.69 Å². The Kier molecular flexibility index (Phi) is 5.34. The smallest absolute Gasteiger partial charge is 0.232 e. The van der Waals surface area contributed by atoms with E-state index in [2.05, 4.69) is 44.9 Å². The molecule has 1 aromatic carbocycles. The predicted molar refractivity (Wildman–Crippen MR) is 104 cm³/mol. The maximum atomic E-state index is 5.95. The summed E-state index contributed by atoms with van der Waals surface area (Å²) < 4.78 is 5.95. The summed E-state index contributed by atoms with van der Waals surface area (Å²) in [5, 5.41) is 0. The number of anilines is 1. The third-order valence-electron chi connectivity index (χ3n) is 5.51. The molecular formula is C21H28N4O. The number of nitrogens with zero attached hydrogens (tertiary/aromatic N) is 4. The van der Waals surface area contributed by atoms with E-state index in [1.807, 2.05) is 0 Å². The standard InChI is InChI=1S/C21H28N4O/c1-2-25-11-3-4-18-14-17(5-6-20(18)25)16-24-12-7-19(8-13-24)26-21-15-22-9-10-23-21/h5-6,9-10,14-15,19H,2-4,7-8,11-13,16H2,1H3. The second-order valence-electron chi connectivity index (χ2n) is 7.28. The largest absolute Gasteiger partial charge is 0.473 e. The quantitative estimate of drug-likeness (QED) is 0.826. The monoisotopic (exact) mass is 352 g/mol. The lowest BCUT2D eigenvalue weighted by Crippen LogP contribution is -2.38. The number of benzene rings is 1. The van der Waals surface area contributed by atoms with Gasteiger partial charge < -0.3 is 9.64 Å². The Hall–Kier alpha value is -2.14. The van der Waals surface area contributed by atoms with Gasteiger partial charge in [0.15, 0.2) is 0 Å². The molecule has 2 aliphatic heterocycles. The van der Waals surface area contributed by atoms with Gasteiger partial charge in [0.1, 0.15) is 6.10 Å². The molecule has 0 spiro atoms. The molecule has 0 aliphatic carbocycles. The van der Waals surface area contributed by atoms with Crippen LogP contribution in [0.3, 0.4) is 0 Å². The third kappa shape index (κ3) is 3.98. The number of likely N-dealkylation sites (tertiary alicyclic amines) is 1. The van der Waals surface area contributed by atoms with Crippen molar-refractivity contribution in [2.24, 2.45) is 0 Å². The molecule has 3 heterocycles. The van der Waals surface area contributed by atoms with Crippen molar-refractivity contribution < 1.29 is 4.74 Å². The van der Waals surface area contributed by atoms with Crippen LogP contribution in [0.2, 0.25) is 0 Å². The molecule has 1 aromatic heterocycles. The zero-order valence-corrected chi connectivity index (χ0v) is 15.6. The zero-order valence-electron chi connectivity index (χ0n) is 15.6. The lowest BCUT2D eigenvalue weighted by Gasteiger charge is -2.33. The second-order valence-corrected chi connectivity index (χ2v) is 7.28. The third-order valence-corrected chi connectivity index (χ3v) is 5.51. The van der Waals surface area contributed by atoms with Crippen LogP contribution in [0, 0.1) is 0 Å². The number of piperidine rings is 1. The highest BCUT2D eigenvalue weighted by molar-refractivity contribution is 5.56. The average molecular weight is 352 g/mol. The Morgan fingerprint density at radius 3 is 2.81 bits per heavy atom. The summed E-state index contributed by atoms with van der Waals surface area (Å²) in [4.78, 5) is 13.3. The van der Waals surface area contributed by atoms with Crippen molar-refractivity contribution in [3.05, 3.63) is 47.9 Å². The average Bonchev–Trinajstić information content (AvgIpc) is 2.69. The second kappa shape index (κ2) is 8.04. The molecule has 4 rings (SSSR count). The molecule has 0 radical (unpaired) electrons. The Morgan fingerprint density at radius 2 is 2.04 bits per heavy atom. The maximum Gasteiger partial charge on any atom is 0.232 e. The highest BCUT2D eigenvalue weighted by Gasteiger charge is 2.22. The first-order valence-corrected chi connectivity index (χ1v) is 9.83. The minimum absolute atomic E-state index is 0.254. The van der Waals surface area contributed by atoms with Crippen LogP contribution >= 0.6 is 0 Å². The molecule has 1 saturated heterocycles. The van der Waals surface area contributed by atoms with Crippen molar-refractivity contribution in [1.82, 2.24) is 14.9 Å². The topological polar surface area (TPSA) is 41.5 Å². The van der Waals surface area contributed by atoms with Crippen LogP contribution in [0.15, 0.2) is 36.8 Å². The number of ether oxygens (including phenoxy) is 1. The maximum absolute atomic E-state index is 5.95. The molecule has 0 atom stereocenters. The lowest BCUT2D eigenvalue weighted by molar-refractivity contribution is 0.0929. The van der Waals surface area contributed by atoms with Gasteiger partial charge >= 0.3 is 0 Å². The van der Waals surface area contributed by atoms with Crippen molar-refractivity contribution in [3.8, 4) is 5.88 Å². The molecule has 0 amide bonds. The summed E-state index contributed by atoms with van der Waals surface area (Å²) >= 11 is 0. The Labute approximate surface area is 156 Å². The van der Waals surface area contributed by atoms with Gasteiger partial charge in [0, 0.05) is 50.8 Å². The van der Waals surface area contributed by atoms with E-state index in [4.69, 9.17) is 4.74 Å². The molecule has 0 N–H and O–H groups in total. The first-order chi connectivity index (χ1) is 12.8. The van der Waals surface area contributed by atoms with E-state index >= 15 is 0 Å². The zero-order chi connectivity index (χ0) is 17.8. The van der Waals surface area contributed by atoms with Crippen LogP contribution in [-0.4, -0.2) is 47.2 Å². The summed E-state index contributed by atoms with van der Waals surface area (Å²) in [5.41, 5.74) is 4.41. The van der Waals surface area contributed by atoms with Gasteiger partial charge in [0.25, 0.3) is 0 Å². The van der Waals surface area contributed by atoms with E-state index in [9.17, 15) is 0 Å². The van der Waals surface area contributed by atoms with Gasteiger partial charge in [-0.3, -0.25) is 9.88 Å². The fourth-order valence-electron chi connectivity index (χ4n) is 4.12. The fourth-order valence-corrected chi connectivity index (χ4v) is 4.12. The van der Waals surface area contributed by atoms with Crippen molar-refractivity contribution in [2.75, 3.05) is 31.1 Å². The summed E-state index contributed by atoms with van der Waals surface area (Å²) in [6.07, 6.45) is 9.89. The van der Waals surface area contributed by atoms with E-state index < -0.39 is 0 Å². The van der Waals surface area contributed by atoms with Crippen LogP contribution in [0.4, 0.5) is 5.69 Å². The van der Waals surface area contributed by atoms with Crippen LogP contribution in [0.1, 0.15) is 37.3 Å². The molecule has 5 heteroatoms. The van der Waals surface area contributed by atoms with E-state index in [1.165, 1.54) is 36.2 Å². The van der Waals surface area contributed by atoms with Crippen LogP contribution in [-0.2, 0) is 13.0 Å². The molecule has 138 valence electrons. The fraction of sp³-hybridized carbons (Fsp3) is 0.524. The molecule has 0 unspecified atom stereocenters. The van der Waals surface area contributed by atoms with E-state index in [-0.39, 0.29) is 6.10 Å². The first-order valence-electron chi connectivity index (χ1n) is 9.83. The minimum atomic E-state index is 0.254. The Bertz CT molecular complexity index is 713. The SMILES string of the molecule is CCN1CCCc2cc(CN3CCC(Oc4cnccn4)CC3)ccc21. The van der Waals surface area contributed by atoms with Crippen molar-refractivity contribution in [2.45, 2.75) is 45.3 Å². The van der Waals surface area contributed by atoms with Crippen LogP contribution in [0.5, 0.6) is 5.88 Å². The number of fused-ring (bicyclic) bond motifs is 1. The number of hydrogen-bond donors (Lipinski definition) is 0. The van der Waals surface area contributed by atoms with Crippen LogP contribution in [0.25, 0.3) is 0 Å². The molecule has 0 saturated carbocycles. The normalized spacial score (nSPS) is 18.6. The number of rotatable bonds is 5. The van der Waals surface area contributed by atoms with E-state index in [0.29, 0.717) is 5.88 Å². The summed E-state index contributed by atoms with van der Waals surface area (Å²) in [6.45, 7) is 7.73. The number of aromatic nitrogens is 2. The number of hydrogen-bond acceptors (Lipinski definition) is 5.